The molecule has 27 heavy (non-hydrogen) atoms. The highest BCUT2D eigenvalue weighted by atomic mass is 16.5. The number of ether oxygens (including phenoxy) is 1. The summed E-state index contributed by atoms with van der Waals surface area (Å²) in [5.41, 5.74) is 5.69. The third kappa shape index (κ3) is 2.99. The van der Waals surface area contributed by atoms with Crippen LogP contribution in [-0.2, 0) is 0 Å². The molecule has 0 fully saturated rings. The predicted molar refractivity (Wildman–Crippen MR) is 110 cm³/mol. The van der Waals surface area contributed by atoms with Crippen molar-refractivity contribution in [2.75, 3.05) is 6.61 Å². The van der Waals surface area contributed by atoms with Crippen LogP contribution in [-0.4, -0.2) is 21.4 Å². The van der Waals surface area contributed by atoms with Gasteiger partial charge in [-0.1, -0.05) is 60.7 Å². The number of nitrogens with zero attached hydrogens (tertiary/aromatic N) is 3. The average molecular weight is 355 g/mol. The van der Waals surface area contributed by atoms with Crippen LogP contribution >= 0.6 is 0 Å². The quantitative estimate of drug-likeness (QED) is 0.479. The molecule has 0 aliphatic heterocycles. The highest BCUT2D eigenvalue weighted by Crippen LogP contribution is 2.38. The van der Waals surface area contributed by atoms with Gasteiger partial charge in [0.1, 0.15) is 11.4 Å². The van der Waals surface area contributed by atoms with E-state index in [1.165, 1.54) is 5.56 Å². The molecule has 0 saturated heterocycles. The Kier molecular flexibility index (Phi) is 4.47. The molecular formula is C23H21N3O. The van der Waals surface area contributed by atoms with Gasteiger partial charge in [-0.25, -0.2) is 9.67 Å². The van der Waals surface area contributed by atoms with E-state index >= 15 is 0 Å². The molecule has 2 heterocycles. The second kappa shape index (κ2) is 7.08. The summed E-state index contributed by atoms with van der Waals surface area (Å²) in [6, 6.07) is 18.4. The summed E-state index contributed by atoms with van der Waals surface area (Å²) >= 11 is 0. The van der Waals surface area contributed by atoms with Crippen LogP contribution in [0.4, 0.5) is 0 Å². The minimum Gasteiger partial charge on any atom is -0.492 e. The van der Waals surface area contributed by atoms with E-state index in [2.05, 4.69) is 42.8 Å². The van der Waals surface area contributed by atoms with Gasteiger partial charge in [0.2, 0.25) is 0 Å². The molecule has 4 rings (SSSR count). The van der Waals surface area contributed by atoms with Crippen LogP contribution in [0.3, 0.4) is 0 Å². The van der Waals surface area contributed by atoms with Crippen LogP contribution in [0.1, 0.15) is 18.1 Å². The van der Waals surface area contributed by atoms with Crippen molar-refractivity contribution in [3.63, 3.8) is 0 Å². The van der Waals surface area contributed by atoms with Crippen LogP contribution in [0.15, 0.2) is 67.4 Å². The van der Waals surface area contributed by atoms with Crippen LogP contribution in [0.5, 0.6) is 5.75 Å². The van der Waals surface area contributed by atoms with E-state index in [0.717, 1.165) is 39.3 Å². The number of hydrogen-bond donors (Lipinski definition) is 0. The van der Waals surface area contributed by atoms with Crippen molar-refractivity contribution in [2.45, 2.75) is 13.8 Å². The molecule has 0 bridgehead atoms. The zero-order chi connectivity index (χ0) is 18.8. The number of aryl methyl sites for hydroxylation is 1. The minimum absolute atomic E-state index is 0.559. The number of pyridine rings is 1. The topological polar surface area (TPSA) is 39.9 Å². The van der Waals surface area contributed by atoms with Gasteiger partial charge in [-0.2, -0.15) is 5.10 Å². The second-order valence-corrected chi connectivity index (χ2v) is 6.34. The molecule has 0 amide bonds. The van der Waals surface area contributed by atoms with E-state index in [1.807, 2.05) is 41.9 Å². The molecule has 0 N–H and O–H groups in total. The monoisotopic (exact) mass is 355 g/mol. The molecule has 0 unspecified atom stereocenters. The lowest BCUT2D eigenvalue weighted by atomic mass is 10.1. The van der Waals surface area contributed by atoms with E-state index in [1.54, 1.807) is 12.3 Å². The molecule has 4 nitrogen and oxygen atoms in total. The first-order valence-corrected chi connectivity index (χ1v) is 9.02. The number of hydrogen-bond acceptors (Lipinski definition) is 3. The van der Waals surface area contributed by atoms with E-state index in [9.17, 15) is 0 Å². The predicted octanol–water partition coefficient (Wildman–Crippen LogP) is 5.44. The molecule has 0 atom stereocenters. The summed E-state index contributed by atoms with van der Waals surface area (Å²) in [6.07, 6.45) is 3.57. The third-order valence-corrected chi connectivity index (χ3v) is 4.51. The third-order valence-electron chi connectivity index (χ3n) is 4.51. The lowest BCUT2D eigenvalue weighted by molar-refractivity contribution is 0.343. The fourth-order valence-corrected chi connectivity index (χ4v) is 3.18. The average Bonchev–Trinajstić information content (AvgIpc) is 3.10. The molecule has 0 spiro atoms. The van der Waals surface area contributed by atoms with E-state index in [4.69, 9.17) is 9.84 Å². The van der Waals surface area contributed by atoms with Crippen LogP contribution in [0, 0.1) is 6.92 Å². The number of aromatic nitrogens is 3. The lowest BCUT2D eigenvalue weighted by Crippen LogP contribution is -1.99. The van der Waals surface area contributed by atoms with Crippen molar-refractivity contribution in [1.82, 2.24) is 14.8 Å². The van der Waals surface area contributed by atoms with E-state index in [0.29, 0.717) is 6.61 Å². The van der Waals surface area contributed by atoms with Crippen molar-refractivity contribution in [3.05, 3.63) is 78.5 Å². The Bertz CT molecular complexity index is 1100. The van der Waals surface area contributed by atoms with Crippen LogP contribution < -0.4 is 4.74 Å². The number of rotatable bonds is 5. The minimum atomic E-state index is 0.559. The molecule has 4 aromatic rings. The summed E-state index contributed by atoms with van der Waals surface area (Å²) in [4.78, 5) is 4.68. The van der Waals surface area contributed by atoms with Crippen molar-refractivity contribution in [2.24, 2.45) is 0 Å². The normalized spacial score (nSPS) is 10.9. The molecule has 0 aliphatic carbocycles. The summed E-state index contributed by atoms with van der Waals surface area (Å²) in [7, 11) is 0. The Morgan fingerprint density at radius 1 is 1.07 bits per heavy atom. The molecule has 134 valence electrons. The summed E-state index contributed by atoms with van der Waals surface area (Å²) in [5, 5.41) is 5.82. The van der Waals surface area contributed by atoms with Crippen molar-refractivity contribution in [1.29, 1.82) is 0 Å². The van der Waals surface area contributed by atoms with E-state index < -0.39 is 0 Å². The summed E-state index contributed by atoms with van der Waals surface area (Å²) < 4.78 is 7.89. The van der Waals surface area contributed by atoms with Gasteiger partial charge < -0.3 is 4.74 Å². The van der Waals surface area contributed by atoms with Gasteiger partial charge in [0.15, 0.2) is 5.65 Å². The first kappa shape index (κ1) is 17.0. The summed E-state index contributed by atoms with van der Waals surface area (Å²) in [5.74, 6) is 0.773. The van der Waals surface area contributed by atoms with Gasteiger partial charge in [0.25, 0.3) is 0 Å². The maximum absolute atomic E-state index is 6.01. The Labute approximate surface area is 158 Å². The smallest absolute Gasteiger partial charge is 0.167 e. The molecular weight excluding hydrogens is 334 g/mol. The Hall–Kier alpha value is -3.40. The fourth-order valence-electron chi connectivity index (χ4n) is 3.18. The molecule has 2 aromatic carbocycles. The zero-order valence-corrected chi connectivity index (χ0v) is 15.5. The van der Waals surface area contributed by atoms with Crippen molar-refractivity contribution < 1.29 is 4.74 Å². The fraction of sp³-hybridized carbons (Fsp3) is 0.130. The molecule has 0 radical (unpaired) electrons. The number of fused-ring (bicyclic) bond motifs is 1. The van der Waals surface area contributed by atoms with Gasteiger partial charge in [-0.3, -0.25) is 0 Å². The highest BCUT2D eigenvalue weighted by Gasteiger charge is 2.21. The van der Waals surface area contributed by atoms with Gasteiger partial charge in [0, 0.05) is 17.3 Å². The van der Waals surface area contributed by atoms with Crippen LogP contribution in [0.2, 0.25) is 0 Å². The van der Waals surface area contributed by atoms with Crippen molar-refractivity contribution in [3.8, 4) is 22.7 Å². The first-order chi connectivity index (χ1) is 13.2. The molecule has 0 aliphatic rings. The standard InChI is InChI=1S/C23H21N3O/c1-4-17-15-24-23-20(22(17)27-5-2)21(18-13-11-16(3)12-14-18)25-26(23)19-9-7-6-8-10-19/h4,6-15H,1,5H2,2-3H3. The van der Waals surface area contributed by atoms with E-state index in [-0.39, 0.29) is 0 Å². The van der Waals surface area contributed by atoms with Crippen molar-refractivity contribution >= 4 is 17.1 Å². The SMILES string of the molecule is C=Cc1cnc2c(c(-c3ccc(C)cc3)nn2-c2ccccc2)c1OCC. The zero-order valence-electron chi connectivity index (χ0n) is 15.5. The molecule has 0 saturated carbocycles. The number of benzene rings is 2. The number of para-hydroxylation sites is 1. The Balaban J connectivity index is 2.08. The maximum Gasteiger partial charge on any atom is 0.167 e. The molecule has 4 heteroatoms. The maximum atomic E-state index is 6.01. The lowest BCUT2D eigenvalue weighted by Gasteiger charge is -2.10. The highest BCUT2D eigenvalue weighted by molar-refractivity contribution is 5.98. The van der Waals surface area contributed by atoms with Crippen LogP contribution in [0.25, 0.3) is 34.1 Å². The first-order valence-electron chi connectivity index (χ1n) is 9.02. The van der Waals surface area contributed by atoms with Gasteiger partial charge in [-0.05, 0) is 26.0 Å². The Morgan fingerprint density at radius 3 is 2.48 bits per heavy atom. The largest absolute Gasteiger partial charge is 0.492 e. The van der Waals surface area contributed by atoms with Gasteiger partial charge >= 0.3 is 0 Å². The van der Waals surface area contributed by atoms with Gasteiger partial charge in [0.05, 0.1) is 17.7 Å². The molecule has 2 aromatic heterocycles. The second-order valence-electron chi connectivity index (χ2n) is 6.34. The van der Waals surface area contributed by atoms with Gasteiger partial charge in [-0.15, -0.1) is 0 Å². The Morgan fingerprint density at radius 2 is 1.81 bits per heavy atom. The summed E-state index contributed by atoms with van der Waals surface area (Å²) in [6.45, 7) is 8.53.